The second kappa shape index (κ2) is 7.05. The van der Waals surface area contributed by atoms with Crippen molar-refractivity contribution in [2.75, 3.05) is 20.6 Å². The maximum Gasteiger partial charge on any atom is 0.320 e. The highest BCUT2D eigenvalue weighted by molar-refractivity contribution is 5.74. The van der Waals surface area contributed by atoms with Crippen LogP contribution in [0.4, 0.5) is 0 Å². The molecular formula is C9H20N4O2. The lowest BCUT2D eigenvalue weighted by atomic mass is 10.1. The van der Waals surface area contributed by atoms with Gasteiger partial charge in [-0.3, -0.25) is 10.2 Å². The van der Waals surface area contributed by atoms with E-state index in [1.165, 1.54) is 0 Å². The highest BCUT2D eigenvalue weighted by Gasteiger charge is 2.13. The molecule has 0 aliphatic heterocycles. The van der Waals surface area contributed by atoms with Gasteiger partial charge in [0, 0.05) is 13.6 Å². The quantitative estimate of drug-likeness (QED) is 0.265. The Morgan fingerprint density at radius 2 is 2.20 bits per heavy atom. The van der Waals surface area contributed by atoms with Crippen molar-refractivity contribution < 1.29 is 9.90 Å². The van der Waals surface area contributed by atoms with Crippen LogP contribution in [-0.2, 0) is 4.79 Å². The fourth-order valence-corrected chi connectivity index (χ4v) is 1.21. The number of hydrogen-bond donors (Lipinski definition) is 4. The van der Waals surface area contributed by atoms with Crippen molar-refractivity contribution in [1.82, 2.24) is 10.2 Å². The standard InChI is InChI=1S/C9H20N4O2/c1-12-7(8(14)15)5-3-4-6-13(2)9(10)11/h7,12H,3-6H2,1-2H3,(H3,10,11)(H,14,15)/t7-/m0/s1. The first-order valence-corrected chi connectivity index (χ1v) is 4.94. The molecule has 0 spiro atoms. The summed E-state index contributed by atoms with van der Waals surface area (Å²) in [5.41, 5.74) is 5.26. The topological polar surface area (TPSA) is 102 Å². The van der Waals surface area contributed by atoms with Crippen LogP contribution in [-0.4, -0.2) is 48.6 Å². The Balaban J connectivity index is 3.61. The minimum atomic E-state index is -0.822. The third-order valence-corrected chi connectivity index (χ3v) is 2.29. The summed E-state index contributed by atoms with van der Waals surface area (Å²) in [6.07, 6.45) is 2.23. The van der Waals surface area contributed by atoms with Gasteiger partial charge < -0.3 is 21.1 Å². The summed E-state index contributed by atoms with van der Waals surface area (Å²) in [4.78, 5) is 12.3. The summed E-state index contributed by atoms with van der Waals surface area (Å²) >= 11 is 0. The van der Waals surface area contributed by atoms with Crippen LogP contribution in [0.15, 0.2) is 0 Å². The van der Waals surface area contributed by atoms with Gasteiger partial charge >= 0.3 is 5.97 Å². The molecule has 0 rings (SSSR count). The molecule has 88 valence electrons. The van der Waals surface area contributed by atoms with Crippen molar-refractivity contribution in [3.05, 3.63) is 0 Å². The zero-order valence-electron chi connectivity index (χ0n) is 9.29. The van der Waals surface area contributed by atoms with E-state index in [0.29, 0.717) is 13.0 Å². The van der Waals surface area contributed by atoms with Gasteiger partial charge in [-0.05, 0) is 26.3 Å². The molecular weight excluding hydrogens is 196 g/mol. The number of guanidine groups is 1. The first kappa shape index (κ1) is 13.7. The number of nitrogens with zero attached hydrogens (tertiary/aromatic N) is 1. The maximum absolute atomic E-state index is 10.6. The van der Waals surface area contributed by atoms with Crippen molar-refractivity contribution in [1.29, 1.82) is 5.41 Å². The average molecular weight is 216 g/mol. The fourth-order valence-electron chi connectivity index (χ4n) is 1.21. The molecule has 6 heteroatoms. The Kier molecular flexibility index (Phi) is 6.44. The van der Waals surface area contributed by atoms with Crippen molar-refractivity contribution in [3.8, 4) is 0 Å². The lowest BCUT2D eigenvalue weighted by Crippen LogP contribution is -2.35. The zero-order valence-corrected chi connectivity index (χ0v) is 9.29. The molecule has 0 fully saturated rings. The Hall–Kier alpha value is -1.30. The second-order valence-corrected chi connectivity index (χ2v) is 3.48. The maximum atomic E-state index is 10.6. The number of unbranched alkanes of at least 4 members (excludes halogenated alkanes) is 1. The van der Waals surface area contributed by atoms with Gasteiger partial charge in [0.2, 0.25) is 0 Å². The predicted octanol–water partition coefficient (Wildman–Crippen LogP) is -0.345. The summed E-state index contributed by atoms with van der Waals surface area (Å²) < 4.78 is 0. The van der Waals surface area contributed by atoms with Gasteiger partial charge in [-0.1, -0.05) is 0 Å². The number of rotatable bonds is 7. The first-order valence-electron chi connectivity index (χ1n) is 4.94. The van der Waals surface area contributed by atoms with Crippen LogP contribution in [0.3, 0.4) is 0 Å². The highest BCUT2D eigenvalue weighted by atomic mass is 16.4. The van der Waals surface area contributed by atoms with Crippen molar-refractivity contribution >= 4 is 11.9 Å². The molecule has 15 heavy (non-hydrogen) atoms. The van der Waals surface area contributed by atoms with E-state index < -0.39 is 12.0 Å². The Labute approximate surface area is 89.9 Å². The Bertz CT molecular complexity index is 220. The summed E-state index contributed by atoms with van der Waals surface area (Å²) in [7, 11) is 3.38. The van der Waals surface area contributed by atoms with Gasteiger partial charge in [0.05, 0.1) is 0 Å². The molecule has 1 atom stereocenters. The highest BCUT2D eigenvalue weighted by Crippen LogP contribution is 2.01. The van der Waals surface area contributed by atoms with Crippen LogP contribution in [0, 0.1) is 5.41 Å². The SMILES string of the molecule is CN[C@@H](CCCCN(C)C(=N)N)C(=O)O. The number of nitrogens with one attached hydrogen (secondary N) is 2. The summed E-state index contributed by atoms with van der Waals surface area (Å²) in [5, 5.41) is 18.6. The van der Waals surface area contributed by atoms with Crippen LogP contribution < -0.4 is 11.1 Å². The monoisotopic (exact) mass is 216 g/mol. The van der Waals surface area contributed by atoms with E-state index in [-0.39, 0.29) is 5.96 Å². The van der Waals surface area contributed by atoms with E-state index in [1.54, 1.807) is 19.0 Å². The molecule has 0 aliphatic rings. The van der Waals surface area contributed by atoms with E-state index in [4.69, 9.17) is 16.2 Å². The Morgan fingerprint density at radius 3 is 2.60 bits per heavy atom. The lowest BCUT2D eigenvalue weighted by Gasteiger charge is -2.17. The number of likely N-dealkylation sites (N-methyl/N-ethyl adjacent to an activating group) is 1. The van der Waals surface area contributed by atoms with Crippen LogP contribution >= 0.6 is 0 Å². The van der Waals surface area contributed by atoms with Gasteiger partial charge in [0.1, 0.15) is 6.04 Å². The summed E-state index contributed by atoms with van der Waals surface area (Å²) in [5.74, 6) is -0.782. The van der Waals surface area contributed by atoms with Gasteiger partial charge in [-0.2, -0.15) is 0 Å². The molecule has 0 heterocycles. The molecule has 0 amide bonds. The Morgan fingerprint density at radius 1 is 1.60 bits per heavy atom. The molecule has 0 bridgehead atoms. The smallest absolute Gasteiger partial charge is 0.320 e. The van der Waals surface area contributed by atoms with E-state index in [0.717, 1.165) is 12.8 Å². The summed E-state index contributed by atoms with van der Waals surface area (Å²) in [6, 6.07) is -0.479. The van der Waals surface area contributed by atoms with Gasteiger partial charge in [0.25, 0.3) is 0 Å². The van der Waals surface area contributed by atoms with E-state index in [2.05, 4.69) is 5.32 Å². The molecule has 0 aromatic rings. The van der Waals surface area contributed by atoms with Crippen LogP contribution in [0.5, 0.6) is 0 Å². The summed E-state index contributed by atoms with van der Waals surface area (Å²) in [6.45, 7) is 0.686. The number of aliphatic carboxylic acids is 1. The second-order valence-electron chi connectivity index (χ2n) is 3.48. The average Bonchev–Trinajstić information content (AvgIpc) is 2.16. The van der Waals surface area contributed by atoms with Crippen LogP contribution in [0.1, 0.15) is 19.3 Å². The van der Waals surface area contributed by atoms with E-state index in [9.17, 15) is 4.79 Å². The number of nitrogens with two attached hydrogens (primary N) is 1. The lowest BCUT2D eigenvalue weighted by molar-refractivity contribution is -0.139. The molecule has 0 aromatic heterocycles. The zero-order chi connectivity index (χ0) is 11.8. The van der Waals surface area contributed by atoms with Crippen molar-refractivity contribution in [2.24, 2.45) is 5.73 Å². The fraction of sp³-hybridized carbons (Fsp3) is 0.778. The third-order valence-electron chi connectivity index (χ3n) is 2.29. The molecule has 0 unspecified atom stereocenters. The van der Waals surface area contributed by atoms with Crippen LogP contribution in [0.2, 0.25) is 0 Å². The third kappa shape index (κ3) is 5.90. The predicted molar refractivity (Wildman–Crippen MR) is 58.9 cm³/mol. The van der Waals surface area contributed by atoms with Gasteiger partial charge in [0.15, 0.2) is 5.96 Å². The molecule has 6 nitrogen and oxygen atoms in total. The van der Waals surface area contributed by atoms with Crippen molar-refractivity contribution in [2.45, 2.75) is 25.3 Å². The van der Waals surface area contributed by atoms with E-state index >= 15 is 0 Å². The first-order chi connectivity index (χ1) is 6.99. The largest absolute Gasteiger partial charge is 0.480 e. The number of carboxylic acids is 1. The molecule has 0 saturated heterocycles. The van der Waals surface area contributed by atoms with Gasteiger partial charge in [-0.25, -0.2) is 0 Å². The number of carbonyl (C=O) groups is 1. The molecule has 5 N–H and O–H groups in total. The minimum absolute atomic E-state index is 0.0402. The number of hydrogen-bond acceptors (Lipinski definition) is 3. The normalized spacial score (nSPS) is 12.1. The van der Waals surface area contributed by atoms with E-state index in [1.807, 2.05) is 0 Å². The molecule has 0 saturated carbocycles. The van der Waals surface area contributed by atoms with Gasteiger partial charge in [-0.15, -0.1) is 0 Å². The molecule has 0 aromatic carbocycles. The minimum Gasteiger partial charge on any atom is -0.480 e. The molecule has 0 aliphatic carbocycles. The van der Waals surface area contributed by atoms with Crippen LogP contribution in [0.25, 0.3) is 0 Å². The molecule has 0 radical (unpaired) electrons. The number of carboxylic acid groups (broad SMARTS) is 1. The van der Waals surface area contributed by atoms with Crippen molar-refractivity contribution in [3.63, 3.8) is 0 Å².